The number of pyridine rings is 1. The summed E-state index contributed by atoms with van der Waals surface area (Å²) in [4.78, 5) is 31.7. The van der Waals surface area contributed by atoms with Gasteiger partial charge in [0.2, 0.25) is 0 Å². The van der Waals surface area contributed by atoms with Crippen LogP contribution in [0, 0.1) is 13.8 Å². The molecule has 2 amide bonds. The highest BCUT2D eigenvalue weighted by Gasteiger charge is 2.20. The Morgan fingerprint density at radius 3 is 2.41 bits per heavy atom. The SMILES string of the molecule is Cc1cc(-c2cc(C(=O)NCc3ccc(C(=O)N(C)C)cc3)c3cnn(C(C)C)c3n2)c(C)o1. The number of rotatable bonds is 6. The maximum atomic E-state index is 13.3. The molecule has 3 heterocycles. The fourth-order valence-electron chi connectivity index (χ4n) is 3.91. The molecule has 4 aromatic rings. The summed E-state index contributed by atoms with van der Waals surface area (Å²) in [5.74, 6) is 1.25. The van der Waals surface area contributed by atoms with Crippen molar-refractivity contribution in [3.8, 4) is 11.3 Å². The van der Waals surface area contributed by atoms with Crippen LogP contribution in [-0.4, -0.2) is 45.6 Å². The minimum Gasteiger partial charge on any atom is -0.466 e. The van der Waals surface area contributed by atoms with Crippen molar-refractivity contribution in [1.29, 1.82) is 0 Å². The zero-order valence-electron chi connectivity index (χ0n) is 20.3. The second-order valence-electron chi connectivity index (χ2n) is 8.88. The van der Waals surface area contributed by atoms with Gasteiger partial charge in [0.1, 0.15) is 11.5 Å². The van der Waals surface area contributed by atoms with E-state index in [4.69, 9.17) is 9.40 Å². The smallest absolute Gasteiger partial charge is 0.253 e. The number of amides is 2. The van der Waals surface area contributed by atoms with Gasteiger partial charge in [-0.2, -0.15) is 5.10 Å². The molecule has 8 nitrogen and oxygen atoms in total. The Labute approximate surface area is 198 Å². The van der Waals surface area contributed by atoms with E-state index in [0.29, 0.717) is 34.4 Å². The number of nitrogens with zero attached hydrogens (tertiary/aromatic N) is 4. The Hall–Kier alpha value is -3.94. The first-order chi connectivity index (χ1) is 16.2. The number of carbonyl (C=O) groups excluding carboxylic acids is 2. The maximum absolute atomic E-state index is 13.3. The summed E-state index contributed by atoms with van der Waals surface area (Å²) >= 11 is 0. The van der Waals surface area contributed by atoms with Crippen molar-refractivity contribution in [1.82, 2.24) is 25.0 Å². The molecular formula is C26H29N5O3. The minimum atomic E-state index is -0.219. The molecule has 0 spiro atoms. The molecule has 0 aliphatic carbocycles. The molecule has 4 rings (SSSR count). The molecule has 34 heavy (non-hydrogen) atoms. The number of aryl methyl sites for hydroxylation is 2. The molecule has 0 saturated carbocycles. The molecule has 176 valence electrons. The van der Waals surface area contributed by atoms with E-state index in [1.807, 2.05) is 50.6 Å². The van der Waals surface area contributed by atoms with E-state index in [-0.39, 0.29) is 17.9 Å². The molecule has 0 aliphatic rings. The summed E-state index contributed by atoms with van der Waals surface area (Å²) in [5.41, 5.74) is 4.18. The van der Waals surface area contributed by atoms with Crippen molar-refractivity contribution < 1.29 is 14.0 Å². The van der Waals surface area contributed by atoms with E-state index in [9.17, 15) is 9.59 Å². The summed E-state index contributed by atoms with van der Waals surface area (Å²) in [6.07, 6.45) is 1.69. The Kier molecular flexibility index (Phi) is 6.24. The number of nitrogens with one attached hydrogen (secondary N) is 1. The van der Waals surface area contributed by atoms with E-state index in [1.165, 1.54) is 4.90 Å². The number of aromatic nitrogens is 3. The molecular weight excluding hydrogens is 430 g/mol. The molecule has 0 radical (unpaired) electrons. The van der Waals surface area contributed by atoms with Crippen LogP contribution >= 0.6 is 0 Å². The third kappa shape index (κ3) is 4.44. The van der Waals surface area contributed by atoms with Gasteiger partial charge in [-0.05, 0) is 57.5 Å². The molecule has 0 bridgehead atoms. The van der Waals surface area contributed by atoms with E-state index in [0.717, 1.165) is 22.6 Å². The monoisotopic (exact) mass is 459 g/mol. The number of hydrogen-bond acceptors (Lipinski definition) is 5. The number of furan rings is 1. The molecule has 0 aliphatic heterocycles. The fraction of sp³-hybridized carbons (Fsp3) is 0.308. The van der Waals surface area contributed by atoms with Crippen LogP contribution in [0.15, 0.2) is 47.0 Å². The molecule has 3 aromatic heterocycles. The Bertz CT molecular complexity index is 1360. The molecule has 0 fully saturated rings. The van der Waals surface area contributed by atoms with Crippen LogP contribution in [0.4, 0.5) is 0 Å². The molecule has 0 atom stereocenters. The molecule has 0 unspecified atom stereocenters. The Morgan fingerprint density at radius 2 is 1.82 bits per heavy atom. The largest absolute Gasteiger partial charge is 0.466 e. The second-order valence-corrected chi connectivity index (χ2v) is 8.88. The first-order valence-corrected chi connectivity index (χ1v) is 11.2. The van der Waals surface area contributed by atoms with Gasteiger partial charge in [0, 0.05) is 37.8 Å². The zero-order chi connectivity index (χ0) is 24.6. The van der Waals surface area contributed by atoms with Crippen molar-refractivity contribution in [2.24, 2.45) is 0 Å². The summed E-state index contributed by atoms with van der Waals surface area (Å²) in [6.45, 7) is 8.16. The third-order valence-electron chi connectivity index (χ3n) is 5.68. The number of fused-ring (bicyclic) bond motifs is 1. The van der Waals surface area contributed by atoms with Crippen molar-refractivity contribution >= 4 is 22.8 Å². The van der Waals surface area contributed by atoms with Gasteiger partial charge in [0.05, 0.1) is 22.8 Å². The Balaban J connectivity index is 1.65. The van der Waals surface area contributed by atoms with E-state index >= 15 is 0 Å². The first kappa shape index (κ1) is 23.2. The quantitative estimate of drug-likeness (QED) is 0.458. The van der Waals surface area contributed by atoms with Gasteiger partial charge in [-0.25, -0.2) is 9.67 Å². The van der Waals surface area contributed by atoms with Gasteiger partial charge in [-0.3, -0.25) is 9.59 Å². The van der Waals surface area contributed by atoms with Crippen LogP contribution in [0.2, 0.25) is 0 Å². The van der Waals surface area contributed by atoms with Crippen LogP contribution in [0.3, 0.4) is 0 Å². The van der Waals surface area contributed by atoms with Crippen molar-refractivity contribution in [3.63, 3.8) is 0 Å². The van der Waals surface area contributed by atoms with E-state index < -0.39 is 0 Å². The van der Waals surface area contributed by atoms with Crippen LogP contribution in [-0.2, 0) is 6.54 Å². The number of carbonyl (C=O) groups is 2. The normalized spacial score (nSPS) is 11.3. The molecule has 8 heteroatoms. The minimum absolute atomic E-state index is 0.0609. The third-order valence-corrected chi connectivity index (χ3v) is 5.68. The van der Waals surface area contributed by atoms with Gasteiger partial charge in [-0.15, -0.1) is 0 Å². The second kappa shape index (κ2) is 9.13. The summed E-state index contributed by atoms with van der Waals surface area (Å²) in [6, 6.07) is 11.0. The maximum Gasteiger partial charge on any atom is 0.253 e. The van der Waals surface area contributed by atoms with Crippen molar-refractivity contribution in [2.45, 2.75) is 40.3 Å². The molecule has 1 aromatic carbocycles. The molecule has 0 saturated heterocycles. The van der Waals surface area contributed by atoms with E-state index in [2.05, 4.69) is 10.4 Å². The number of benzene rings is 1. The lowest BCUT2D eigenvalue weighted by Crippen LogP contribution is -2.24. The van der Waals surface area contributed by atoms with Gasteiger partial charge >= 0.3 is 0 Å². The van der Waals surface area contributed by atoms with Crippen molar-refractivity contribution in [3.05, 3.63) is 70.8 Å². The van der Waals surface area contributed by atoms with E-state index in [1.54, 1.807) is 38.5 Å². The number of hydrogen-bond donors (Lipinski definition) is 1. The topological polar surface area (TPSA) is 93.3 Å². The van der Waals surface area contributed by atoms with Gasteiger partial charge in [0.25, 0.3) is 11.8 Å². The first-order valence-electron chi connectivity index (χ1n) is 11.2. The highest BCUT2D eigenvalue weighted by atomic mass is 16.3. The standard InChI is InChI=1S/C26H29N5O3/c1-15(2)31-24-22(14-28-31)21(12-23(29-24)20-11-16(3)34-17(20)4)25(32)27-13-18-7-9-19(10-8-18)26(33)30(5)6/h7-12,14-15H,13H2,1-6H3,(H,27,32). The predicted octanol–water partition coefficient (Wildman–Crippen LogP) is 4.52. The highest BCUT2D eigenvalue weighted by molar-refractivity contribution is 6.06. The highest BCUT2D eigenvalue weighted by Crippen LogP contribution is 2.30. The van der Waals surface area contributed by atoms with Crippen molar-refractivity contribution in [2.75, 3.05) is 14.1 Å². The van der Waals surface area contributed by atoms with Gasteiger partial charge in [-0.1, -0.05) is 12.1 Å². The van der Waals surface area contributed by atoms with Crippen LogP contribution in [0.1, 0.15) is 57.7 Å². The Morgan fingerprint density at radius 1 is 1.12 bits per heavy atom. The zero-order valence-corrected chi connectivity index (χ0v) is 20.3. The molecule has 1 N–H and O–H groups in total. The van der Waals surface area contributed by atoms with Crippen LogP contribution < -0.4 is 5.32 Å². The van der Waals surface area contributed by atoms with Gasteiger partial charge in [0.15, 0.2) is 5.65 Å². The summed E-state index contributed by atoms with van der Waals surface area (Å²) in [7, 11) is 3.43. The lowest BCUT2D eigenvalue weighted by molar-refractivity contribution is 0.0827. The fourth-order valence-corrected chi connectivity index (χ4v) is 3.91. The van der Waals surface area contributed by atoms with Crippen LogP contribution in [0.25, 0.3) is 22.3 Å². The lowest BCUT2D eigenvalue weighted by atomic mass is 10.1. The predicted molar refractivity (Wildman–Crippen MR) is 131 cm³/mol. The van der Waals surface area contributed by atoms with Gasteiger partial charge < -0.3 is 14.6 Å². The average molecular weight is 460 g/mol. The summed E-state index contributed by atoms with van der Waals surface area (Å²) in [5, 5.41) is 8.16. The lowest BCUT2D eigenvalue weighted by Gasteiger charge is -2.12. The summed E-state index contributed by atoms with van der Waals surface area (Å²) < 4.78 is 7.51. The van der Waals surface area contributed by atoms with Crippen LogP contribution in [0.5, 0.6) is 0 Å². The average Bonchev–Trinajstić information content (AvgIpc) is 3.38.